The van der Waals surface area contributed by atoms with Gasteiger partial charge in [-0.1, -0.05) is 62.9 Å². The van der Waals surface area contributed by atoms with Gasteiger partial charge in [0.2, 0.25) is 5.76 Å². The van der Waals surface area contributed by atoms with Crippen LogP contribution in [0, 0.1) is 29.1 Å². The number of carbonyl (C=O) groups excluding carboxylic acids is 1. The van der Waals surface area contributed by atoms with E-state index in [-0.39, 0.29) is 36.0 Å². The average molecular weight is 602 g/mol. The number of hydrogen-bond donors (Lipinski definition) is 1. The van der Waals surface area contributed by atoms with Crippen LogP contribution in [0.5, 0.6) is 0 Å². The van der Waals surface area contributed by atoms with Crippen LogP contribution in [-0.4, -0.2) is 47.8 Å². The number of methoxy groups -OCH3 is 1. The molecule has 0 amide bonds. The third-order valence-corrected chi connectivity index (χ3v) is 12.4. The quantitative estimate of drug-likeness (QED) is 0.342. The lowest BCUT2D eigenvalue weighted by atomic mass is 9.62. The minimum atomic E-state index is -0.366. The molecule has 1 spiro atoms. The molecule has 238 valence electrons. The Morgan fingerprint density at radius 2 is 1.82 bits per heavy atom. The minimum absolute atomic E-state index is 0.0269. The molecule has 0 radical (unpaired) electrons. The molecule has 2 saturated carbocycles. The monoisotopic (exact) mass is 601 g/mol. The van der Waals surface area contributed by atoms with E-state index in [4.69, 9.17) is 14.2 Å². The highest BCUT2D eigenvalue weighted by Crippen LogP contribution is 2.55. The Hall–Kier alpha value is -2.57. The number of fused-ring (bicyclic) bond motifs is 3. The third-order valence-electron chi connectivity index (χ3n) is 12.4. The maximum absolute atomic E-state index is 12.5. The molecule has 1 N–H and O–H groups in total. The molecule has 4 aliphatic heterocycles. The molecule has 0 unspecified atom stereocenters. The fourth-order valence-electron chi connectivity index (χ4n) is 10.3. The van der Waals surface area contributed by atoms with Gasteiger partial charge >= 0.3 is 5.97 Å². The Morgan fingerprint density at radius 3 is 2.57 bits per heavy atom. The lowest BCUT2D eigenvalue weighted by molar-refractivity contribution is -0.133. The molecule has 4 fully saturated rings. The molecule has 0 aromatic heterocycles. The Bertz CT molecular complexity index is 1320. The van der Waals surface area contributed by atoms with E-state index in [1.165, 1.54) is 56.9 Å². The molecule has 6 nitrogen and oxygen atoms in total. The number of piperidine rings is 1. The topological polar surface area (TPSA) is 68.2 Å². The van der Waals surface area contributed by atoms with Crippen LogP contribution in [0.1, 0.15) is 96.5 Å². The van der Waals surface area contributed by atoms with Crippen LogP contribution < -0.4 is 0 Å². The van der Waals surface area contributed by atoms with Crippen LogP contribution in [0.15, 0.2) is 65.0 Å². The van der Waals surface area contributed by atoms with Gasteiger partial charge in [-0.25, -0.2) is 4.79 Å². The second-order valence-electron chi connectivity index (χ2n) is 14.8. The molecular weight excluding hydrogens is 550 g/mol. The van der Waals surface area contributed by atoms with Gasteiger partial charge in [-0.15, -0.1) is 0 Å². The number of cyclic esters (lactones) is 1. The summed E-state index contributed by atoms with van der Waals surface area (Å²) in [6, 6.07) is 11.3. The van der Waals surface area contributed by atoms with E-state index in [9.17, 15) is 9.90 Å². The molecular formula is C38H51NO5. The molecule has 6 aliphatic rings. The maximum atomic E-state index is 12.5. The number of allylic oxidation sites excluding steroid dienone is 1. The fraction of sp³-hybridized carbons (Fsp3) is 0.658. The first-order chi connectivity index (χ1) is 21.4. The molecule has 4 heterocycles. The Kier molecular flexibility index (Phi) is 8.43. The summed E-state index contributed by atoms with van der Waals surface area (Å²) in [6.07, 6.45) is 17.7. The van der Waals surface area contributed by atoms with E-state index >= 15 is 0 Å². The first kappa shape index (κ1) is 30.1. The zero-order valence-corrected chi connectivity index (χ0v) is 26.9. The minimum Gasteiger partial charge on any atom is -0.492 e. The summed E-state index contributed by atoms with van der Waals surface area (Å²) in [6.45, 7) is 4.90. The van der Waals surface area contributed by atoms with Crippen molar-refractivity contribution < 1.29 is 24.1 Å². The van der Waals surface area contributed by atoms with Crippen molar-refractivity contribution >= 4 is 5.97 Å². The predicted octanol–water partition coefficient (Wildman–Crippen LogP) is 7.44. The standard InChI is InChI=1S/C38H51NO5/c1-24-33-30-22-27(20-26-12-5-4-6-13-26)21-29(31(40)23-28-14-7-8-16-38(28)17-9-10-18-38)39(30)19-11-15-32(33)43-35(24)36-34(42-3)25(2)37(41)44-36/h4-6,12-13,15,24,27-31,33,40H,7-11,14,16-23H2,1-3H3/t24-,27-,28-,29+,30-,31+,33+/m1/s1. The van der Waals surface area contributed by atoms with Crippen LogP contribution >= 0.6 is 0 Å². The number of aliphatic hydroxyl groups is 1. The summed E-state index contributed by atoms with van der Waals surface area (Å²) in [5.74, 6) is 3.55. The first-order valence-corrected chi connectivity index (χ1v) is 17.5. The molecule has 44 heavy (non-hydrogen) atoms. The number of hydrogen-bond acceptors (Lipinski definition) is 6. The van der Waals surface area contributed by atoms with Crippen molar-refractivity contribution in [1.82, 2.24) is 4.90 Å². The molecule has 0 bridgehead atoms. The van der Waals surface area contributed by atoms with Crippen molar-refractivity contribution in [2.45, 2.75) is 116 Å². The van der Waals surface area contributed by atoms with Gasteiger partial charge in [-0.2, -0.15) is 0 Å². The van der Waals surface area contributed by atoms with E-state index in [1.807, 2.05) is 0 Å². The largest absolute Gasteiger partial charge is 0.492 e. The van der Waals surface area contributed by atoms with Crippen molar-refractivity contribution in [3.63, 3.8) is 0 Å². The lowest BCUT2D eigenvalue weighted by Gasteiger charge is -2.50. The summed E-state index contributed by atoms with van der Waals surface area (Å²) >= 11 is 0. The summed E-state index contributed by atoms with van der Waals surface area (Å²) in [5, 5.41) is 12.3. The Labute approximate surface area is 263 Å². The van der Waals surface area contributed by atoms with Gasteiger partial charge in [0.1, 0.15) is 5.76 Å². The first-order valence-electron chi connectivity index (χ1n) is 17.5. The van der Waals surface area contributed by atoms with Crippen LogP contribution in [-0.2, 0) is 25.4 Å². The van der Waals surface area contributed by atoms with Crippen molar-refractivity contribution in [3.8, 4) is 0 Å². The molecule has 7 atom stereocenters. The van der Waals surface area contributed by atoms with Crippen molar-refractivity contribution in [2.24, 2.45) is 29.1 Å². The van der Waals surface area contributed by atoms with E-state index < -0.39 is 0 Å². The van der Waals surface area contributed by atoms with E-state index in [0.717, 1.165) is 44.4 Å². The van der Waals surface area contributed by atoms with Gasteiger partial charge in [0.25, 0.3) is 0 Å². The van der Waals surface area contributed by atoms with Gasteiger partial charge in [-0.3, -0.25) is 4.90 Å². The summed E-state index contributed by atoms with van der Waals surface area (Å²) in [4.78, 5) is 15.2. The van der Waals surface area contributed by atoms with Crippen molar-refractivity contribution in [1.29, 1.82) is 0 Å². The Morgan fingerprint density at radius 1 is 1.07 bits per heavy atom. The number of esters is 1. The molecule has 1 aromatic carbocycles. The predicted molar refractivity (Wildman–Crippen MR) is 170 cm³/mol. The Balaban J connectivity index is 1.20. The smallest absolute Gasteiger partial charge is 0.343 e. The van der Waals surface area contributed by atoms with Crippen LogP contribution in [0.4, 0.5) is 0 Å². The number of benzene rings is 1. The molecule has 1 aromatic rings. The van der Waals surface area contributed by atoms with E-state index in [0.29, 0.717) is 40.1 Å². The van der Waals surface area contributed by atoms with Gasteiger partial charge in [-0.05, 0) is 93.6 Å². The summed E-state index contributed by atoms with van der Waals surface area (Å²) < 4.78 is 18.0. The summed E-state index contributed by atoms with van der Waals surface area (Å²) in [7, 11) is 1.59. The molecule has 7 rings (SSSR count). The summed E-state index contributed by atoms with van der Waals surface area (Å²) in [5.41, 5.74) is 2.34. The molecule has 2 saturated heterocycles. The number of rotatable bonds is 6. The van der Waals surface area contributed by atoms with Crippen LogP contribution in [0.3, 0.4) is 0 Å². The van der Waals surface area contributed by atoms with Crippen LogP contribution in [0.2, 0.25) is 0 Å². The fourth-order valence-corrected chi connectivity index (χ4v) is 10.3. The highest BCUT2D eigenvalue weighted by molar-refractivity contribution is 5.93. The van der Waals surface area contributed by atoms with Gasteiger partial charge in [0.05, 0.1) is 18.8 Å². The van der Waals surface area contributed by atoms with Crippen LogP contribution in [0.25, 0.3) is 0 Å². The number of nitrogens with zero attached hydrogens (tertiary/aromatic N) is 1. The highest BCUT2D eigenvalue weighted by atomic mass is 16.6. The van der Waals surface area contributed by atoms with E-state index in [1.54, 1.807) is 14.0 Å². The number of aliphatic hydroxyl groups excluding tert-OH is 1. The SMILES string of the molecule is COC1=C(C)C(=O)OC1=C1OC2=CCCN3[C@H](C[C@H](Cc4ccccc4)C[C@H]3[C@@H](O)C[C@H]3CCCCC34CCCC4)[C@@H]2[C@H]1C. The second kappa shape index (κ2) is 12.3. The second-order valence-corrected chi connectivity index (χ2v) is 14.8. The molecule has 2 aliphatic carbocycles. The third kappa shape index (κ3) is 5.34. The van der Waals surface area contributed by atoms with Gasteiger partial charge in [0, 0.05) is 30.5 Å². The van der Waals surface area contributed by atoms with E-state index in [2.05, 4.69) is 48.2 Å². The number of carbonyl (C=O) groups is 1. The average Bonchev–Trinajstić information content (AvgIpc) is 3.66. The normalized spacial score (nSPS) is 35.9. The molecule has 6 heteroatoms. The van der Waals surface area contributed by atoms with Crippen molar-refractivity contribution in [3.05, 3.63) is 70.6 Å². The zero-order chi connectivity index (χ0) is 30.4. The zero-order valence-electron chi connectivity index (χ0n) is 26.9. The lowest BCUT2D eigenvalue weighted by Crippen LogP contribution is -2.57. The number of ether oxygens (including phenoxy) is 3. The van der Waals surface area contributed by atoms with Crippen molar-refractivity contribution in [2.75, 3.05) is 13.7 Å². The highest BCUT2D eigenvalue weighted by Gasteiger charge is 2.52. The maximum Gasteiger partial charge on any atom is 0.343 e. The van der Waals surface area contributed by atoms with Gasteiger partial charge in [0.15, 0.2) is 11.5 Å². The van der Waals surface area contributed by atoms with Gasteiger partial charge < -0.3 is 19.3 Å².